The molecule has 0 amide bonds. The van der Waals surface area contributed by atoms with E-state index in [0.717, 1.165) is 0 Å². The van der Waals surface area contributed by atoms with E-state index in [1.54, 1.807) is 0 Å². The van der Waals surface area contributed by atoms with Crippen molar-refractivity contribution in [2.75, 3.05) is 0 Å². The standard InChI is InChI=1S/C11H20O3/c1-8-12-9(2)14-11(13-8)10-6-4-3-5-7-10/h8-11H,3-7H2,1-2H3/t8-,9+,11?. The van der Waals surface area contributed by atoms with E-state index in [-0.39, 0.29) is 18.9 Å². The molecule has 14 heavy (non-hydrogen) atoms. The first-order valence-corrected chi connectivity index (χ1v) is 5.72. The first kappa shape index (κ1) is 10.4. The number of rotatable bonds is 1. The second-order valence-electron chi connectivity index (χ2n) is 4.31. The Morgan fingerprint density at radius 1 is 0.786 bits per heavy atom. The highest BCUT2D eigenvalue weighted by Gasteiger charge is 2.32. The van der Waals surface area contributed by atoms with Gasteiger partial charge in [0.15, 0.2) is 18.9 Å². The average Bonchev–Trinajstić information content (AvgIpc) is 2.18. The molecular weight excluding hydrogens is 180 g/mol. The Kier molecular flexibility index (Phi) is 3.42. The Bertz CT molecular complexity index is 167. The third kappa shape index (κ3) is 2.47. The third-order valence-electron chi connectivity index (χ3n) is 3.07. The van der Waals surface area contributed by atoms with Crippen molar-refractivity contribution in [3.63, 3.8) is 0 Å². The summed E-state index contributed by atoms with van der Waals surface area (Å²) in [6, 6.07) is 0. The molecule has 0 aromatic carbocycles. The lowest BCUT2D eigenvalue weighted by molar-refractivity contribution is -0.385. The number of ether oxygens (including phenoxy) is 3. The highest BCUT2D eigenvalue weighted by atomic mass is 16.9. The lowest BCUT2D eigenvalue weighted by atomic mass is 9.89. The van der Waals surface area contributed by atoms with Gasteiger partial charge in [0.2, 0.25) is 0 Å². The topological polar surface area (TPSA) is 27.7 Å². The first-order valence-electron chi connectivity index (χ1n) is 5.72. The molecule has 1 aliphatic carbocycles. The summed E-state index contributed by atoms with van der Waals surface area (Å²) >= 11 is 0. The highest BCUT2D eigenvalue weighted by molar-refractivity contribution is 4.70. The summed E-state index contributed by atoms with van der Waals surface area (Å²) in [5, 5.41) is 0. The van der Waals surface area contributed by atoms with Crippen LogP contribution in [0.4, 0.5) is 0 Å². The Labute approximate surface area is 85.7 Å². The van der Waals surface area contributed by atoms with Crippen LogP contribution in [0.1, 0.15) is 46.0 Å². The van der Waals surface area contributed by atoms with Crippen molar-refractivity contribution in [2.24, 2.45) is 5.92 Å². The van der Waals surface area contributed by atoms with Gasteiger partial charge in [-0.1, -0.05) is 19.3 Å². The molecule has 0 N–H and O–H groups in total. The van der Waals surface area contributed by atoms with Crippen LogP contribution in [0.5, 0.6) is 0 Å². The second-order valence-corrected chi connectivity index (χ2v) is 4.31. The smallest absolute Gasteiger partial charge is 0.166 e. The van der Waals surface area contributed by atoms with Gasteiger partial charge >= 0.3 is 0 Å². The Balaban J connectivity index is 1.88. The zero-order chi connectivity index (χ0) is 9.97. The number of hydrogen-bond acceptors (Lipinski definition) is 3. The van der Waals surface area contributed by atoms with Crippen LogP contribution in [0.2, 0.25) is 0 Å². The van der Waals surface area contributed by atoms with Crippen molar-refractivity contribution in [3.8, 4) is 0 Å². The molecule has 1 saturated carbocycles. The van der Waals surface area contributed by atoms with Gasteiger partial charge in [-0.2, -0.15) is 0 Å². The maximum Gasteiger partial charge on any atom is 0.166 e. The Hall–Kier alpha value is -0.120. The largest absolute Gasteiger partial charge is 0.324 e. The van der Waals surface area contributed by atoms with E-state index in [1.807, 2.05) is 13.8 Å². The Morgan fingerprint density at radius 2 is 1.36 bits per heavy atom. The normalized spacial score (nSPS) is 41.1. The van der Waals surface area contributed by atoms with Crippen LogP contribution < -0.4 is 0 Å². The molecule has 2 rings (SSSR count). The van der Waals surface area contributed by atoms with Gasteiger partial charge in [0, 0.05) is 5.92 Å². The summed E-state index contributed by atoms with van der Waals surface area (Å²) in [6.45, 7) is 3.88. The molecular formula is C11H20O3. The van der Waals surface area contributed by atoms with Crippen LogP contribution in [0.25, 0.3) is 0 Å². The van der Waals surface area contributed by atoms with Crippen LogP contribution >= 0.6 is 0 Å². The van der Waals surface area contributed by atoms with Crippen molar-refractivity contribution in [1.82, 2.24) is 0 Å². The van der Waals surface area contributed by atoms with Gasteiger partial charge in [-0.05, 0) is 26.7 Å². The van der Waals surface area contributed by atoms with Crippen LogP contribution in [0.15, 0.2) is 0 Å². The van der Waals surface area contributed by atoms with Crippen molar-refractivity contribution in [2.45, 2.75) is 64.8 Å². The van der Waals surface area contributed by atoms with Crippen LogP contribution in [0.3, 0.4) is 0 Å². The molecule has 1 unspecified atom stereocenters. The van der Waals surface area contributed by atoms with E-state index in [9.17, 15) is 0 Å². The minimum Gasteiger partial charge on any atom is -0.324 e. The first-order chi connectivity index (χ1) is 6.75. The third-order valence-corrected chi connectivity index (χ3v) is 3.07. The monoisotopic (exact) mass is 200 g/mol. The summed E-state index contributed by atoms with van der Waals surface area (Å²) in [5.41, 5.74) is 0. The summed E-state index contributed by atoms with van der Waals surface area (Å²) in [7, 11) is 0. The summed E-state index contributed by atoms with van der Waals surface area (Å²) in [4.78, 5) is 0. The van der Waals surface area contributed by atoms with E-state index in [4.69, 9.17) is 14.2 Å². The van der Waals surface area contributed by atoms with Crippen molar-refractivity contribution in [3.05, 3.63) is 0 Å². The van der Waals surface area contributed by atoms with Crippen LogP contribution in [-0.4, -0.2) is 18.9 Å². The predicted octanol–water partition coefficient (Wildman–Crippen LogP) is 2.65. The van der Waals surface area contributed by atoms with Gasteiger partial charge in [0.1, 0.15) is 0 Å². The van der Waals surface area contributed by atoms with Crippen LogP contribution in [0, 0.1) is 5.92 Å². The molecule has 0 radical (unpaired) electrons. The molecule has 0 aromatic rings. The van der Waals surface area contributed by atoms with Crippen molar-refractivity contribution < 1.29 is 14.2 Å². The molecule has 3 atom stereocenters. The average molecular weight is 200 g/mol. The maximum absolute atomic E-state index is 5.65. The molecule has 1 aliphatic heterocycles. The zero-order valence-corrected chi connectivity index (χ0v) is 9.07. The van der Waals surface area contributed by atoms with E-state index in [0.29, 0.717) is 5.92 Å². The predicted molar refractivity (Wildman–Crippen MR) is 52.5 cm³/mol. The summed E-state index contributed by atoms with van der Waals surface area (Å²) in [6.07, 6.45) is 6.21. The fourth-order valence-corrected chi connectivity index (χ4v) is 2.37. The lowest BCUT2D eigenvalue weighted by Crippen LogP contribution is -2.42. The second kappa shape index (κ2) is 4.60. The minimum absolute atomic E-state index is 0.0333. The molecule has 1 heterocycles. The van der Waals surface area contributed by atoms with Gasteiger partial charge in [0.05, 0.1) is 0 Å². The molecule has 0 spiro atoms. The van der Waals surface area contributed by atoms with E-state index < -0.39 is 0 Å². The summed E-state index contributed by atoms with van der Waals surface area (Å²) in [5.74, 6) is 0.581. The molecule has 0 aromatic heterocycles. The van der Waals surface area contributed by atoms with Gasteiger partial charge < -0.3 is 14.2 Å². The molecule has 3 heteroatoms. The SMILES string of the molecule is C[C@@H]1OC(C2CCCCC2)O[C@H](C)O1. The molecule has 1 saturated heterocycles. The van der Waals surface area contributed by atoms with E-state index in [2.05, 4.69) is 0 Å². The zero-order valence-electron chi connectivity index (χ0n) is 9.07. The molecule has 3 nitrogen and oxygen atoms in total. The molecule has 2 fully saturated rings. The van der Waals surface area contributed by atoms with E-state index >= 15 is 0 Å². The van der Waals surface area contributed by atoms with Gasteiger partial charge in [-0.3, -0.25) is 0 Å². The molecule has 2 aliphatic rings. The van der Waals surface area contributed by atoms with Gasteiger partial charge in [-0.15, -0.1) is 0 Å². The van der Waals surface area contributed by atoms with E-state index in [1.165, 1.54) is 32.1 Å². The number of hydrogen-bond donors (Lipinski definition) is 0. The van der Waals surface area contributed by atoms with Crippen LogP contribution in [-0.2, 0) is 14.2 Å². The quantitative estimate of drug-likeness (QED) is 0.651. The Morgan fingerprint density at radius 3 is 1.93 bits per heavy atom. The summed E-state index contributed by atoms with van der Waals surface area (Å²) < 4.78 is 16.7. The van der Waals surface area contributed by atoms with Gasteiger partial charge in [-0.25, -0.2) is 0 Å². The highest BCUT2D eigenvalue weighted by Crippen LogP contribution is 2.31. The fraction of sp³-hybridized carbons (Fsp3) is 1.00. The van der Waals surface area contributed by atoms with Crippen molar-refractivity contribution >= 4 is 0 Å². The molecule has 82 valence electrons. The van der Waals surface area contributed by atoms with Gasteiger partial charge in [0.25, 0.3) is 0 Å². The molecule has 0 bridgehead atoms. The minimum atomic E-state index is -0.120. The lowest BCUT2D eigenvalue weighted by Gasteiger charge is -2.38. The fourth-order valence-electron chi connectivity index (χ4n) is 2.37. The van der Waals surface area contributed by atoms with Crippen molar-refractivity contribution in [1.29, 1.82) is 0 Å². The maximum atomic E-state index is 5.65.